The van der Waals surface area contributed by atoms with Gasteiger partial charge in [0.15, 0.2) is 34.4 Å². The number of fused-ring (bicyclic) bond motifs is 1. The minimum absolute atomic E-state index is 0.619. The smallest absolute Gasteiger partial charge is 0.186 e. The van der Waals surface area contributed by atoms with E-state index in [9.17, 15) is 0 Å². The quantitative estimate of drug-likeness (QED) is 0.568. The zero-order valence-electron chi connectivity index (χ0n) is 19.2. The van der Waals surface area contributed by atoms with Crippen LogP contribution in [-0.4, -0.2) is 98.8 Å². The number of ether oxygens (including phenoxy) is 3. The van der Waals surface area contributed by atoms with Crippen LogP contribution in [0, 0.1) is 0 Å². The largest absolute Gasteiger partial charge is 0.378 e. The van der Waals surface area contributed by atoms with Gasteiger partial charge in [0.05, 0.1) is 39.6 Å². The van der Waals surface area contributed by atoms with Gasteiger partial charge in [-0.3, -0.25) is 0 Å². The molecule has 3 saturated heterocycles. The molecule has 0 saturated carbocycles. The van der Waals surface area contributed by atoms with Gasteiger partial charge in [0.25, 0.3) is 0 Å². The van der Waals surface area contributed by atoms with Crippen molar-refractivity contribution in [2.24, 2.45) is 0 Å². The highest BCUT2D eigenvalue weighted by Gasteiger charge is 2.27. The van der Waals surface area contributed by atoms with Gasteiger partial charge in [-0.2, -0.15) is 0 Å². The molecular weight excluding hydrogens is 434 g/mol. The van der Waals surface area contributed by atoms with E-state index in [-0.39, 0.29) is 0 Å². The van der Waals surface area contributed by atoms with Crippen molar-refractivity contribution in [1.29, 1.82) is 0 Å². The van der Waals surface area contributed by atoms with E-state index in [0.717, 1.165) is 67.8 Å². The maximum atomic E-state index is 5.61. The summed E-state index contributed by atoms with van der Waals surface area (Å²) in [6, 6.07) is 10.1. The molecule has 5 heterocycles. The molecule has 0 spiro atoms. The van der Waals surface area contributed by atoms with E-state index >= 15 is 0 Å². The summed E-state index contributed by atoms with van der Waals surface area (Å²) in [6.45, 7) is 8.73. The molecule has 178 valence electrons. The van der Waals surface area contributed by atoms with Gasteiger partial charge in [0, 0.05) is 44.8 Å². The van der Waals surface area contributed by atoms with E-state index in [1.807, 2.05) is 30.3 Å². The van der Waals surface area contributed by atoms with Crippen LogP contribution >= 0.6 is 0 Å². The number of aromatic nitrogens is 4. The normalized spacial score (nSPS) is 19.6. The molecule has 3 aromatic rings. The molecule has 0 aliphatic carbocycles. The van der Waals surface area contributed by atoms with Gasteiger partial charge >= 0.3 is 0 Å². The fourth-order valence-electron chi connectivity index (χ4n) is 4.60. The Morgan fingerprint density at radius 3 is 1.59 bits per heavy atom. The summed E-state index contributed by atoms with van der Waals surface area (Å²) in [6.07, 6.45) is 0. The first-order valence-electron chi connectivity index (χ1n) is 12.0. The van der Waals surface area contributed by atoms with Gasteiger partial charge in [0.2, 0.25) is 0 Å². The molecule has 0 radical (unpaired) electrons. The second-order valence-corrected chi connectivity index (χ2v) is 8.58. The number of anilines is 3. The van der Waals surface area contributed by atoms with Crippen molar-refractivity contribution in [1.82, 2.24) is 19.9 Å². The minimum atomic E-state index is 0.619. The Balaban J connectivity index is 1.54. The summed E-state index contributed by atoms with van der Waals surface area (Å²) in [5.74, 6) is 3.23. The lowest BCUT2D eigenvalue weighted by molar-refractivity contribution is 0.120. The number of nitrogens with zero attached hydrogens (tertiary/aromatic N) is 7. The molecule has 0 atom stereocenters. The molecule has 3 fully saturated rings. The van der Waals surface area contributed by atoms with Crippen molar-refractivity contribution in [3.63, 3.8) is 0 Å². The van der Waals surface area contributed by atoms with E-state index < -0.39 is 0 Å². The third-order valence-corrected chi connectivity index (χ3v) is 6.44. The van der Waals surface area contributed by atoms with Crippen molar-refractivity contribution in [3.05, 3.63) is 30.3 Å². The van der Waals surface area contributed by atoms with Crippen molar-refractivity contribution in [2.75, 3.05) is 93.6 Å². The van der Waals surface area contributed by atoms with Crippen LogP contribution in [0.5, 0.6) is 0 Å². The van der Waals surface area contributed by atoms with Crippen LogP contribution in [0.4, 0.5) is 17.5 Å². The molecular formula is C24H29N7O3. The monoisotopic (exact) mass is 463 g/mol. The molecule has 10 heteroatoms. The first kappa shape index (κ1) is 21.5. The van der Waals surface area contributed by atoms with E-state index in [0.29, 0.717) is 51.1 Å². The van der Waals surface area contributed by atoms with Gasteiger partial charge in [-0.1, -0.05) is 30.3 Å². The van der Waals surface area contributed by atoms with E-state index in [1.54, 1.807) is 0 Å². The average molecular weight is 464 g/mol. The molecule has 0 amide bonds. The predicted molar refractivity (Wildman–Crippen MR) is 130 cm³/mol. The SMILES string of the molecule is c1ccc(-c2nc(N3CCOCC3)c3nc(N4CCOCC4)c(N4CCOCC4)nc3n2)cc1. The Bertz CT molecular complexity index is 1130. The molecule has 0 bridgehead atoms. The van der Waals surface area contributed by atoms with Gasteiger partial charge in [-0.05, 0) is 0 Å². The highest BCUT2D eigenvalue weighted by molar-refractivity contribution is 5.88. The molecule has 10 nitrogen and oxygen atoms in total. The maximum absolute atomic E-state index is 5.61. The summed E-state index contributed by atoms with van der Waals surface area (Å²) in [4.78, 5) is 27.0. The fraction of sp³-hybridized carbons (Fsp3) is 0.500. The number of benzene rings is 1. The third-order valence-electron chi connectivity index (χ3n) is 6.44. The van der Waals surface area contributed by atoms with Crippen molar-refractivity contribution in [3.8, 4) is 11.4 Å². The van der Waals surface area contributed by atoms with Crippen LogP contribution in [0.25, 0.3) is 22.6 Å². The Morgan fingerprint density at radius 1 is 0.529 bits per heavy atom. The zero-order valence-corrected chi connectivity index (χ0v) is 19.2. The van der Waals surface area contributed by atoms with Crippen LogP contribution in [0.3, 0.4) is 0 Å². The lowest BCUT2D eigenvalue weighted by atomic mass is 10.2. The summed E-state index contributed by atoms with van der Waals surface area (Å²) in [7, 11) is 0. The topological polar surface area (TPSA) is 89.0 Å². The Hall–Kier alpha value is -3.08. The minimum Gasteiger partial charge on any atom is -0.378 e. The molecule has 34 heavy (non-hydrogen) atoms. The maximum Gasteiger partial charge on any atom is 0.186 e. The molecule has 6 rings (SSSR count). The van der Waals surface area contributed by atoms with Crippen LogP contribution in [0.1, 0.15) is 0 Å². The summed E-state index contributed by atoms with van der Waals surface area (Å²) in [5, 5.41) is 0. The number of hydrogen-bond acceptors (Lipinski definition) is 10. The summed E-state index contributed by atoms with van der Waals surface area (Å²) >= 11 is 0. The van der Waals surface area contributed by atoms with Crippen LogP contribution in [-0.2, 0) is 14.2 Å². The molecule has 1 aromatic carbocycles. The number of morpholine rings is 3. The fourth-order valence-corrected chi connectivity index (χ4v) is 4.60. The van der Waals surface area contributed by atoms with Gasteiger partial charge in [0.1, 0.15) is 0 Å². The second kappa shape index (κ2) is 9.65. The van der Waals surface area contributed by atoms with Gasteiger partial charge < -0.3 is 28.9 Å². The van der Waals surface area contributed by atoms with E-state index in [2.05, 4.69) is 14.7 Å². The summed E-state index contributed by atoms with van der Waals surface area (Å²) in [5.41, 5.74) is 2.32. The standard InChI is InChI=1S/C24H29N7O3/c1-2-4-18(5-3-1)20-26-21-19(22(27-20)29-6-12-32-13-7-29)25-23(30-8-14-33-15-9-30)24(28-21)31-10-16-34-17-11-31/h1-5H,6-17H2. The summed E-state index contributed by atoms with van der Waals surface area (Å²) < 4.78 is 16.8. The van der Waals surface area contributed by atoms with Gasteiger partial charge in [-0.25, -0.2) is 19.9 Å². The van der Waals surface area contributed by atoms with E-state index in [1.165, 1.54) is 0 Å². The average Bonchev–Trinajstić information content (AvgIpc) is 2.93. The molecule has 3 aliphatic heterocycles. The van der Waals surface area contributed by atoms with E-state index in [4.69, 9.17) is 34.1 Å². The first-order chi connectivity index (χ1) is 16.9. The third kappa shape index (κ3) is 4.24. The Labute approximate surface area is 198 Å². The lowest BCUT2D eigenvalue weighted by Gasteiger charge is -2.34. The molecule has 3 aliphatic rings. The van der Waals surface area contributed by atoms with Crippen LogP contribution in [0.15, 0.2) is 30.3 Å². The van der Waals surface area contributed by atoms with Crippen LogP contribution in [0.2, 0.25) is 0 Å². The number of hydrogen-bond donors (Lipinski definition) is 0. The lowest BCUT2D eigenvalue weighted by Crippen LogP contribution is -2.41. The van der Waals surface area contributed by atoms with Crippen LogP contribution < -0.4 is 14.7 Å². The van der Waals surface area contributed by atoms with Crippen molar-refractivity contribution < 1.29 is 14.2 Å². The zero-order chi connectivity index (χ0) is 22.7. The number of rotatable bonds is 4. The predicted octanol–water partition coefficient (Wildman–Crippen LogP) is 1.60. The molecule has 2 aromatic heterocycles. The molecule has 0 N–H and O–H groups in total. The highest BCUT2D eigenvalue weighted by atomic mass is 16.5. The second-order valence-electron chi connectivity index (χ2n) is 8.58. The highest BCUT2D eigenvalue weighted by Crippen LogP contribution is 2.33. The Morgan fingerprint density at radius 2 is 1.03 bits per heavy atom. The first-order valence-corrected chi connectivity index (χ1v) is 12.0. The van der Waals surface area contributed by atoms with Gasteiger partial charge in [-0.15, -0.1) is 0 Å². The van der Waals surface area contributed by atoms with Crippen molar-refractivity contribution in [2.45, 2.75) is 0 Å². The molecule has 0 unspecified atom stereocenters. The Kier molecular flexibility index (Phi) is 6.09. The van der Waals surface area contributed by atoms with Crippen molar-refractivity contribution >= 4 is 28.6 Å².